The summed E-state index contributed by atoms with van der Waals surface area (Å²) in [5, 5.41) is 10.5. The zero-order valence-corrected chi connectivity index (χ0v) is 18.8. The van der Waals surface area contributed by atoms with E-state index in [0.29, 0.717) is 28.3 Å². The summed E-state index contributed by atoms with van der Waals surface area (Å²) in [4.78, 5) is 13.4. The number of hydrogen-bond donors (Lipinski definition) is 1. The smallest absolute Gasteiger partial charge is 0.333 e. The number of hydrogen-bond acceptors (Lipinski definition) is 6. The molecule has 0 aliphatic rings. The molecule has 4 aromatic rings. The Kier molecular flexibility index (Phi) is 5.64. The van der Waals surface area contributed by atoms with Crippen molar-refractivity contribution in [3.63, 3.8) is 0 Å². The Labute approximate surface area is 185 Å². The van der Waals surface area contributed by atoms with Gasteiger partial charge in [0.1, 0.15) is 41.4 Å². The zero-order valence-electron chi connectivity index (χ0n) is 17.9. The first-order chi connectivity index (χ1) is 15.2. The van der Waals surface area contributed by atoms with Crippen LogP contribution in [0.5, 0.6) is 11.5 Å². The highest BCUT2D eigenvalue weighted by Gasteiger charge is 2.27. The summed E-state index contributed by atoms with van der Waals surface area (Å²) >= 11 is 0. The topological polar surface area (TPSA) is 104 Å². The number of esters is 1. The molecule has 0 saturated heterocycles. The average molecular weight is 460 g/mol. The van der Waals surface area contributed by atoms with Crippen molar-refractivity contribution in [2.45, 2.75) is 31.6 Å². The van der Waals surface area contributed by atoms with E-state index in [1.807, 2.05) is 11.6 Å². The van der Waals surface area contributed by atoms with Gasteiger partial charge >= 0.3 is 5.97 Å². The fraction of sp³-hybridized carbons (Fsp3) is 0.318. The van der Waals surface area contributed by atoms with Crippen LogP contribution in [0, 0.1) is 0 Å². The quantitative estimate of drug-likeness (QED) is 0.222. The number of ether oxygens (including phenoxy) is 2. The molecular weight excluding hydrogens is 434 g/mol. The van der Waals surface area contributed by atoms with Gasteiger partial charge in [-0.3, -0.25) is 0 Å². The SMILES string of the molecule is C=C(C)C(=O)OCCOc1ccc(-n2n3c4ccc(S(=O)(=O)CCCC)cc4n23)c(O)c1. The maximum Gasteiger partial charge on any atom is 0.333 e. The summed E-state index contributed by atoms with van der Waals surface area (Å²) in [5.41, 5.74) is 2.47. The average Bonchev–Trinajstić information content (AvgIpc) is 3.41. The molecule has 4 rings (SSSR count). The second-order valence-corrected chi connectivity index (χ2v) is 9.72. The molecule has 2 heterocycles. The Balaban J connectivity index is 1.48. The predicted molar refractivity (Wildman–Crippen MR) is 119 cm³/mol. The molecule has 0 unspecified atom stereocenters. The van der Waals surface area contributed by atoms with E-state index < -0.39 is 15.8 Å². The highest BCUT2D eigenvalue weighted by Crippen LogP contribution is 2.33. The second kappa shape index (κ2) is 8.27. The van der Waals surface area contributed by atoms with Gasteiger partial charge in [-0.2, -0.15) is 0 Å². The minimum absolute atomic E-state index is 0.00229. The van der Waals surface area contributed by atoms with E-state index in [0.717, 1.165) is 17.5 Å². The van der Waals surface area contributed by atoms with Crippen molar-refractivity contribution in [2.24, 2.45) is 0 Å². The number of carbonyl (C=O) groups is 1. The molecule has 0 fully saturated rings. The molecule has 9 nitrogen and oxygen atoms in total. The summed E-state index contributed by atoms with van der Waals surface area (Å²) in [6.45, 7) is 7.24. The van der Waals surface area contributed by atoms with E-state index >= 15 is 0 Å². The number of carbonyl (C=O) groups excluding carboxylic acids is 1. The molecule has 0 bridgehead atoms. The van der Waals surface area contributed by atoms with Crippen molar-refractivity contribution < 1.29 is 27.8 Å². The van der Waals surface area contributed by atoms with Crippen molar-refractivity contribution in [2.75, 3.05) is 19.0 Å². The van der Waals surface area contributed by atoms with Crippen LogP contribution in [0.4, 0.5) is 0 Å². The monoisotopic (exact) mass is 459 g/mol. The van der Waals surface area contributed by atoms with E-state index in [1.54, 1.807) is 46.7 Å². The second-order valence-electron chi connectivity index (χ2n) is 7.61. The van der Waals surface area contributed by atoms with E-state index in [4.69, 9.17) is 9.47 Å². The molecule has 0 atom stereocenters. The van der Waals surface area contributed by atoms with Crippen LogP contribution < -0.4 is 4.74 Å². The summed E-state index contributed by atoms with van der Waals surface area (Å²) in [5.74, 6) is 0.0774. The Morgan fingerprint density at radius 1 is 1.09 bits per heavy atom. The molecule has 170 valence electrons. The molecule has 0 spiro atoms. The lowest BCUT2D eigenvalue weighted by Crippen LogP contribution is -2.12. The molecule has 2 aromatic heterocycles. The van der Waals surface area contributed by atoms with Gasteiger partial charge in [-0.15, -0.1) is 14.1 Å². The zero-order chi connectivity index (χ0) is 23.0. The van der Waals surface area contributed by atoms with Crippen molar-refractivity contribution in [3.8, 4) is 17.2 Å². The van der Waals surface area contributed by atoms with Gasteiger partial charge in [0.05, 0.1) is 10.6 Å². The molecule has 0 radical (unpaired) electrons. The lowest BCUT2D eigenvalue weighted by atomic mass is 10.3. The van der Waals surface area contributed by atoms with Gasteiger partial charge in [0.2, 0.25) is 0 Å². The largest absolute Gasteiger partial charge is 0.505 e. The molecular formula is C22H25N3O6S. The minimum atomic E-state index is -3.32. The van der Waals surface area contributed by atoms with Crippen molar-refractivity contribution in [3.05, 3.63) is 48.6 Å². The Morgan fingerprint density at radius 2 is 1.84 bits per heavy atom. The molecule has 0 aliphatic carbocycles. The fourth-order valence-corrected chi connectivity index (χ4v) is 4.82. The number of sulfone groups is 1. The van der Waals surface area contributed by atoms with Gasteiger partial charge < -0.3 is 14.6 Å². The van der Waals surface area contributed by atoms with Gasteiger partial charge in [0, 0.05) is 11.6 Å². The van der Waals surface area contributed by atoms with Gasteiger partial charge in [-0.25, -0.2) is 13.2 Å². The van der Waals surface area contributed by atoms with E-state index in [1.165, 1.54) is 6.07 Å². The number of phenols is 1. The van der Waals surface area contributed by atoms with Crippen LogP contribution in [0.25, 0.3) is 16.7 Å². The van der Waals surface area contributed by atoms with Crippen LogP contribution in [-0.4, -0.2) is 52.5 Å². The predicted octanol–water partition coefficient (Wildman–Crippen LogP) is 3.20. The van der Waals surface area contributed by atoms with Gasteiger partial charge in [-0.1, -0.05) is 19.9 Å². The molecule has 0 aliphatic heterocycles. The normalized spacial score (nSPS) is 12.1. The molecule has 1 N–H and O–H groups in total. The fourth-order valence-electron chi connectivity index (χ4n) is 3.35. The summed E-state index contributed by atoms with van der Waals surface area (Å²) < 4.78 is 39.1. The van der Waals surface area contributed by atoms with Crippen LogP contribution in [0.1, 0.15) is 26.7 Å². The van der Waals surface area contributed by atoms with Gasteiger partial charge in [-0.05, 0) is 43.7 Å². The van der Waals surface area contributed by atoms with Crippen LogP contribution in [-0.2, 0) is 19.4 Å². The number of unbranched alkanes of at least 4 members (excludes halogenated alkanes) is 1. The number of aromatic nitrogens is 3. The summed E-state index contributed by atoms with van der Waals surface area (Å²) in [7, 11) is -3.32. The first-order valence-corrected chi connectivity index (χ1v) is 11.9. The molecule has 10 heteroatoms. The van der Waals surface area contributed by atoms with E-state index in [-0.39, 0.29) is 24.7 Å². The summed E-state index contributed by atoms with van der Waals surface area (Å²) in [6, 6.07) is 9.92. The van der Waals surface area contributed by atoms with Crippen LogP contribution in [0.2, 0.25) is 0 Å². The Bertz CT molecular complexity index is 1390. The number of fused-ring (bicyclic) bond motifs is 4. The lowest BCUT2D eigenvalue weighted by molar-refractivity contribution is -0.139. The number of nitrogens with zero attached hydrogens (tertiary/aromatic N) is 3. The van der Waals surface area contributed by atoms with Crippen LogP contribution >= 0.6 is 0 Å². The first-order valence-electron chi connectivity index (χ1n) is 10.3. The maximum atomic E-state index is 12.5. The minimum Gasteiger partial charge on any atom is -0.505 e. The highest BCUT2D eigenvalue weighted by atomic mass is 32.2. The third-order valence-corrected chi connectivity index (χ3v) is 6.91. The van der Waals surface area contributed by atoms with E-state index in [9.17, 15) is 18.3 Å². The molecule has 2 aromatic carbocycles. The molecule has 0 amide bonds. The van der Waals surface area contributed by atoms with E-state index in [2.05, 4.69) is 6.58 Å². The third kappa shape index (κ3) is 3.93. The highest BCUT2D eigenvalue weighted by molar-refractivity contribution is 7.91. The number of rotatable bonds is 10. The van der Waals surface area contributed by atoms with Crippen molar-refractivity contribution in [1.29, 1.82) is 0 Å². The van der Waals surface area contributed by atoms with Gasteiger partial charge in [0.15, 0.2) is 9.84 Å². The summed E-state index contributed by atoms with van der Waals surface area (Å²) in [6.07, 6.45) is 1.44. The Hall–Kier alpha value is -3.40. The standard InChI is InChI=1S/C22H25N3O6S/c1-4-5-12-32(28,29)17-7-9-18-20(14-17)25-23(18)24(25)19-8-6-16(13-21(19)26)30-10-11-31-22(27)15(2)3/h6-9,13-14,26H,2,4-5,10-12H2,1,3H3. The number of aromatic hydroxyl groups is 1. The first kappa shape index (κ1) is 21.8. The van der Waals surface area contributed by atoms with Crippen molar-refractivity contribution in [1.82, 2.24) is 14.1 Å². The number of benzene rings is 2. The Morgan fingerprint density at radius 3 is 2.53 bits per heavy atom. The number of phenolic OH excluding ortho intramolecular Hbond substituents is 1. The van der Waals surface area contributed by atoms with Crippen LogP contribution in [0.15, 0.2) is 53.4 Å². The maximum absolute atomic E-state index is 12.5. The van der Waals surface area contributed by atoms with Crippen LogP contribution in [0.3, 0.4) is 0 Å². The molecule has 32 heavy (non-hydrogen) atoms. The molecule has 0 saturated carbocycles. The lowest BCUT2D eigenvalue weighted by Gasteiger charge is -2.08. The van der Waals surface area contributed by atoms with Crippen molar-refractivity contribution >= 4 is 26.8 Å². The van der Waals surface area contributed by atoms with Gasteiger partial charge in [0.25, 0.3) is 0 Å². The third-order valence-electron chi connectivity index (χ3n) is 5.11.